The molecule has 0 fully saturated rings. The van der Waals surface area contributed by atoms with Gasteiger partial charge in [0, 0.05) is 0 Å². The molecule has 0 unspecified atom stereocenters. The number of rotatable bonds is 29. The Labute approximate surface area is 295 Å². The Bertz CT molecular complexity index is 943. The van der Waals surface area contributed by atoms with Crippen LogP contribution in [-0.4, -0.2) is 102 Å². The van der Waals surface area contributed by atoms with E-state index in [4.69, 9.17) is 10.5 Å². The van der Waals surface area contributed by atoms with Crippen molar-refractivity contribution in [1.29, 1.82) is 10.5 Å². The van der Waals surface area contributed by atoms with Gasteiger partial charge in [-0.25, -0.2) is 16.8 Å². The van der Waals surface area contributed by atoms with Crippen LogP contribution in [-0.2, 0) is 29.2 Å². The minimum atomic E-state index is -4.48. The van der Waals surface area contributed by atoms with E-state index in [9.17, 15) is 25.9 Å². The third-order valence-corrected chi connectivity index (χ3v) is 8.67. The lowest BCUT2D eigenvalue weighted by atomic mass is 10.1. The van der Waals surface area contributed by atoms with E-state index in [0.717, 1.165) is 38.8 Å². The molecule has 0 aromatic rings. The van der Waals surface area contributed by atoms with Crippen LogP contribution in [0, 0.1) is 22.7 Å². The van der Waals surface area contributed by atoms with Crippen molar-refractivity contribution < 1.29 is 43.3 Å². The van der Waals surface area contributed by atoms with E-state index >= 15 is 0 Å². The van der Waals surface area contributed by atoms with Crippen LogP contribution in [0.4, 0.5) is 0 Å². The monoisotopic (exact) mass is 726 g/mol. The van der Waals surface area contributed by atoms with Crippen molar-refractivity contribution in [3.8, 4) is 12.1 Å². The summed E-state index contributed by atoms with van der Waals surface area (Å²) < 4.78 is 70.3. The Morgan fingerprint density at radius 3 is 0.917 bits per heavy atom. The highest BCUT2D eigenvalue weighted by atomic mass is 32.3. The molecule has 0 N–H and O–H groups in total. The molecule has 0 heterocycles. The van der Waals surface area contributed by atoms with Crippen LogP contribution in [0.15, 0.2) is 0 Å². The zero-order chi connectivity index (χ0) is 37.2. The third kappa shape index (κ3) is 49.0. The Kier molecular flexibility index (Phi) is 34.9. The molecule has 0 radical (unpaired) electrons. The lowest BCUT2D eigenvalue weighted by molar-refractivity contribution is -0.939. The van der Waals surface area contributed by atoms with Gasteiger partial charge in [0.05, 0.1) is 41.4 Å². The van der Waals surface area contributed by atoms with E-state index in [2.05, 4.69) is 34.4 Å². The Morgan fingerprint density at radius 1 is 0.479 bits per heavy atom. The maximum Gasteiger partial charge on any atom is 0.217 e. The molecule has 0 saturated carbocycles. The molecule has 0 aromatic heterocycles. The first kappa shape index (κ1) is 51.0. The summed E-state index contributed by atoms with van der Waals surface area (Å²) in [5.41, 5.74) is 0. The van der Waals surface area contributed by atoms with Crippen molar-refractivity contribution in [2.45, 2.75) is 142 Å². The fourth-order valence-electron chi connectivity index (χ4n) is 4.58. The molecular formula is C34H70N4O8S2. The molecule has 0 rings (SSSR count). The van der Waals surface area contributed by atoms with Crippen molar-refractivity contribution in [2.24, 2.45) is 0 Å². The standard InChI is InChI=1S/2C12H26O4S.C10H20N4/c2*1-2-3-4-5-6-7-8-9-10-11-12-16-17(13,14)15;1-13(2,7-5-11)9-10-14(3,4)8-6-12/h2*2-12H2,1H3,(H,13,14,15);7-10H2,1-4H3/q;;+2/p-2. The van der Waals surface area contributed by atoms with Crippen molar-refractivity contribution in [3.05, 3.63) is 0 Å². The summed E-state index contributed by atoms with van der Waals surface area (Å²) >= 11 is 0. The summed E-state index contributed by atoms with van der Waals surface area (Å²) in [6.45, 7) is 7.36. The predicted octanol–water partition coefficient (Wildman–Crippen LogP) is 6.95. The first-order chi connectivity index (χ1) is 22.4. The predicted molar refractivity (Wildman–Crippen MR) is 190 cm³/mol. The van der Waals surface area contributed by atoms with Gasteiger partial charge in [-0.2, -0.15) is 10.5 Å². The molecule has 0 spiro atoms. The minimum Gasteiger partial charge on any atom is -0.726 e. The van der Waals surface area contributed by atoms with E-state index in [-0.39, 0.29) is 13.2 Å². The van der Waals surface area contributed by atoms with E-state index in [0.29, 0.717) is 34.9 Å². The number of unbranched alkanes of at least 4 members (excludes halogenated alkanes) is 18. The number of hydrogen-bond donors (Lipinski definition) is 0. The van der Waals surface area contributed by atoms with Gasteiger partial charge in [0.2, 0.25) is 20.8 Å². The zero-order valence-electron chi connectivity index (χ0n) is 31.3. The Morgan fingerprint density at radius 2 is 0.708 bits per heavy atom. The van der Waals surface area contributed by atoms with E-state index in [1.165, 1.54) is 89.9 Å². The van der Waals surface area contributed by atoms with Crippen LogP contribution in [0.3, 0.4) is 0 Å². The average molecular weight is 727 g/mol. The molecule has 0 amide bonds. The summed E-state index contributed by atoms with van der Waals surface area (Å²) in [5.74, 6) is 0. The summed E-state index contributed by atoms with van der Waals surface area (Å²) in [7, 11) is -0.820. The second kappa shape index (κ2) is 32.8. The highest BCUT2D eigenvalue weighted by Crippen LogP contribution is 2.12. The molecule has 0 aliphatic carbocycles. The normalized spacial score (nSPS) is 11.9. The van der Waals surface area contributed by atoms with Gasteiger partial charge in [0.25, 0.3) is 0 Å². The molecule has 0 atom stereocenters. The van der Waals surface area contributed by atoms with Gasteiger partial charge in [0.1, 0.15) is 25.2 Å². The maximum absolute atomic E-state index is 10.1. The molecule has 0 saturated heterocycles. The average Bonchev–Trinajstić information content (AvgIpc) is 2.97. The van der Waals surface area contributed by atoms with Crippen LogP contribution in [0.2, 0.25) is 0 Å². The van der Waals surface area contributed by atoms with Crippen molar-refractivity contribution in [1.82, 2.24) is 0 Å². The maximum atomic E-state index is 10.1. The second-order valence-electron chi connectivity index (χ2n) is 13.8. The fourth-order valence-corrected chi connectivity index (χ4v) is 5.23. The molecule has 12 nitrogen and oxygen atoms in total. The van der Waals surface area contributed by atoms with Crippen LogP contribution in [0.25, 0.3) is 0 Å². The third-order valence-electron chi connectivity index (χ3n) is 7.76. The highest BCUT2D eigenvalue weighted by Gasteiger charge is 2.22. The van der Waals surface area contributed by atoms with Crippen molar-refractivity contribution in [3.63, 3.8) is 0 Å². The summed E-state index contributed by atoms with van der Waals surface area (Å²) in [4.78, 5) is 0. The van der Waals surface area contributed by atoms with E-state index < -0.39 is 20.8 Å². The summed E-state index contributed by atoms with van der Waals surface area (Å²) in [6, 6.07) is 4.35. The van der Waals surface area contributed by atoms with Gasteiger partial charge in [-0.05, 0) is 12.8 Å². The van der Waals surface area contributed by atoms with E-state index in [1.54, 1.807) is 0 Å². The van der Waals surface area contributed by atoms with Crippen molar-refractivity contribution in [2.75, 3.05) is 67.6 Å². The molecular weight excluding hydrogens is 657 g/mol. The zero-order valence-corrected chi connectivity index (χ0v) is 32.9. The molecule has 48 heavy (non-hydrogen) atoms. The largest absolute Gasteiger partial charge is 0.726 e. The van der Waals surface area contributed by atoms with Gasteiger partial charge >= 0.3 is 0 Å². The smallest absolute Gasteiger partial charge is 0.217 e. The molecule has 14 heteroatoms. The fraction of sp³-hybridized carbons (Fsp3) is 0.941. The quantitative estimate of drug-likeness (QED) is 0.0257. The highest BCUT2D eigenvalue weighted by molar-refractivity contribution is 7.81. The lowest BCUT2D eigenvalue weighted by Crippen LogP contribution is -2.51. The lowest BCUT2D eigenvalue weighted by Gasteiger charge is -2.32. The van der Waals surface area contributed by atoms with Gasteiger partial charge < -0.3 is 18.1 Å². The second-order valence-corrected chi connectivity index (χ2v) is 15.9. The number of quaternary nitrogens is 2. The van der Waals surface area contributed by atoms with Gasteiger partial charge in [0.15, 0.2) is 13.1 Å². The van der Waals surface area contributed by atoms with Gasteiger partial charge in [-0.15, -0.1) is 0 Å². The first-order valence-corrected chi connectivity index (χ1v) is 20.7. The Hall–Kier alpha value is -1.36. The first-order valence-electron chi connectivity index (χ1n) is 18.0. The summed E-state index contributed by atoms with van der Waals surface area (Å²) in [6.07, 6.45) is 23.4. The SMILES string of the molecule is CCCCCCCCCCCCOS(=O)(=O)[O-].CCCCCCCCCCCCOS(=O)(=O)[O-].C[N+](C)(CC#N)CC[N+](C)(C)CC#N. The minimum absolute atomic E-state index is 0.0301. The number of hydrogen-bond acceptors (Lipinski definition) is 10. The van der Waals surface area contributed by atoms with Gasteiger partial charge in [-0.1, -0.05) is 129 Å². The molecule has 0 aliphatic rings. The van der Waals surface area contributed by atoms with Crippen LogP contribution >= 0.6 is 0 Å². The van der Waals surface area contributed by atoms with Crippen LogP contribution < -0.4 is 0 Å². The van der Waals surface area contributed by atoms with E-state index in [1.807, 2.05) is 28.2 Å². The van der Waals surface area contributed by atoms with Crippen LogP contribution in [0.1, 0.15) is 142 Å². The molecule has 286 valence electrons. The number of likely N-dealkylation sites (N-methyl/N-ethyl adjacent to an activating group) is 2. The van der Waals surface area contributed by atoms with Crippen LogP contribution in [0.5, 0.6) is 0 Å². The molecule has 0 aromatic carbocycles. The molecule has 0 aliphatic heterocycles. The molecule has 0 bridgehead atoms. The van der Waals surface area contributed by atoms with Gasteiger partial charge in [-0.3, -0.25) is 8.37 Å². The topological polar surface area (TPSA) is 180 Å². The van der Waals surface area contributed by atoms with Crippen molar-refractivity contribution >= 4 is 20.8 Å². The Balaban J connectivity index is -0.000000637. The summed E-state index contributed by atoms with van der Waals surface area (Å²) in [5, 5.41) is 17.2. The number of nitrogens with zero attached hydrogens (tertiary/aromatic N) is 4. The number of nitriles is 2.